The van der Waals surface area contributed by atoms with Gasteiger partial charge in [-0.15, -0.1) is 0 Å². The van der Waals surface area contributed by atoms with Gasteiger partial charge < -0.3 is 16.0 Å². The van der Waals surface area contributed by atoms with Crippen molar-refractivity contribution in [3.8, 4) is 0 Å². The van der Waals surface area contributed by atoms with Gasteiger partial charge in [0.25, 0.3) is 0 Å². The normalized spacial score (nSPS) is 20.2. The predicted molar refractivity (Wildman–Crippen MR) is 66.6 cm³/mol. The molecule has 1 aliphatic rings. The maximum Gasteiger partial charge on any atom is 0.242 e. The number of piperazine rings is 1. The molecule has 3 N–H and O–H groups in total. The van der Waals surface area contributed by atoms with Gasteiger partial charge in [0, 0.05) is 25.8 Å². The highest BCUT2D eigenvalue weighted by molar-refractivity contribution is 5.86. The van der Waals surface area contributed by atoms with E-state index >= 15 is 0 Å². The molecular formula is C12H18N4O. The number of nitrogens with zero attached hydrogens (tertiary/aromatic N) is 2. The number of hydrogen-bond donors (Lipinski definition) is 2. The third-order valence-corrected chi connectivity index (χ3v) is 3.06. The Labute approximate surface area is 101 Å². The molecule has 5 heteroatoms. The minimum atomic E-state index is -0.121. The van der Waals surface area contributed by atoms with Crippen LogP contribution in [0, 0.1) is 0 Å². The average Bonchev–Trinajstić information content (AvgIpc) is 2.38. The summed E-state index contributed by atoms with van der Waals surface area (Å²) in [5.74, 6) is 0.924. The number of nitrogens with two attached hydrogens (primary N) is 1. The van der Waals surface area contributed by atoms with Gasteiger partial charge >= 0.3 is 0 Å². The summed E-state index contributed by atoms with van der Waals surface area (Å²) in [6.45, 7) is 3.97. The minimum absolute atomic E-state index is 0.0821. The fourth-order valence-corrected chi connectivity index (χ4v) is 2.14. The average molecular weight is 234 g/mol. The van der Waals surface area contributed by atoms with Gasteiger partial charge in [0.1, 0.15) is 11.9 Å². The van der Waals surface area contributed by atoms with E-state index in [1.165, 1.54) is 0 Å². The maximum atomic E-state index is 11.8. The zero-order chi connectivity index (χ0) is 12.3. The fraction of sp³-hybridized carbons (Fsp3) is 0.500. The van der Waals surface area contributed by atoms with Crippen LogP contribution in [0.25, 0.3) is 0 Å². The molecule has 0 aliphatic carbocycles. The van der Waals surface area contributed by atoms with Crippen molar-refractivity contribution >= 4 is 11.7 Å². The SMILES string of the molecule is CCC1C(=O)NCCN1c1cc(CN)ccn1. The van der Waals surface area contributed by atoms with E-state index in [4.69, 9.17) is 5.73 Å². The Hall–Kier alpha value is -1.62. The number of carbonyl (C=O) groups excluding carboxylic acids is 1. The van der Waals surface area contributed by atoms with Crippen molar-refractivity contribution in [1.29, 1.82) is 0 Å². The molecular weight excluding hydrogens is 216 g/mol. The number of nitrogens with one attached hydrogen (secondary N) is 1. The van der Waals surface area contributed by atoms with Crippen LogP contribution in [0.15, 0.2) is 18.3 Å². The van der Waals surface area contributed by atoms with Crippen LogP contribution in [-0.2, 0) is 11.3 Å². The molecule has 1 aromatic heterocycles. The highest BCUT2D eigenvalue weighted by atomic mass is 16.2. The van der Waals surface area contributed by atoms with E-state index in [2.05, 4.69) is 15.2 Å². The summed E-state index contributed by atoms with van der Waals surface area (Å²) in [4.78, 5) is 18.1. The number of carbonyl (C=O) groups is 1. The van der Waals surface area contributed by atoms with Crippen molar-refractivity contribution < 1.29 is 4.79 Å². The van der Waals surface area contributed by atoms with Gasteiger partial charge in [-0.1, -0.05) is 6.92 Å². The second-order valence-corrected chi connectivity index (χ2v) is 4.13. The Kier molecular flexibility index (Phi) is 3.58. The van der Waals surface area contributed by atoms with Crippen molar-refractivity contribution in [3.63, 3.8) is 0 Å². The van der Waals surface area contributed by atoms with E-state index in [0.717, 1.165) is 24.3 Å². The first-order valence-corrected chi connectivity index (χ1v) is 5.95. The monoisotopic (exact) mass is 234 g/mol. The molecule has 1 atom stereocenters. The van der Waals surface area contributed by atoms with Gasteiger partial charge in [0.05, 0.1) is 0 Å². The Morgan fingerprint density at radius 1 is 1.65 bits per heavy atom. The van der Waals surface area contributed by atoms with Crippen LogP contribution in [0.5, 0.6) is 0 Å². The van der Waals surface area contributed by atoms with E-state index < -0.39 is 0 Å². The van der Waals surface area contributed by atoms with Crippen LogP contribution in [-0.4, -0.2) is 30.0 Å². The summed E-state index contributed by atoms with van der Waals surface area (Å²) in [5, 5.41) is 2.88. The third kappa shape index (κ3) is 2.39. The molecule has 1 amide bonds. The zero-order valence-electron chi connectivity index (χ0n) is 10.0. The minimum Gasteiger partial charge on any atom is -0.353 e. The van der Waals surface area contributed by atoms with E-state index in [-0.39, 0.29) is 11.9 Å². The van der Waals surface area contributed by atoms with E-state index in [1.807, 2.05) is 19.1 Å². The quantitative estimate of drug-likeness (QED) is 0.786. The molecule has 17 heavy (non-hydrogen) atoms. The standard InChI is InChI=1S/C12H18N4O/c1-2-10-12(17)15-5-6-16(10)11-7-9(8-13)3-4-14-11/h3-4,7,10H,2,5-6,8,13H2,1H3,(H,15,17). The van der Waals surface area contributed by atoms with Gasteiger partial charge in [-0.25, -0.2) is 4.98 Å². The lowest BCUT2D eigenvalue weighted by Crippen LogP contribution is -2.55. The largest absolute Gasteiger partial charge is 0.353 e. The van der Waals surface area contributed by atoms with Crippen molar-refractivity contribution in [2.24, 2.45) is 5.73 Å². The lowest BCUT2D eigenvalue weighted by atomic mass is 10.1. The predicted octanol–water partition coefficient (Wildman–Crippen LogP) is 0.255. The van der Waals surface area contributed by atoms with E-state index in [9.17, 15) is 4.79 Å². The molecule has 0 radical (unpaired) electrons. The molecule has 1 fully saturated rings. The van der Waals surface area contributed by atoms with Crippen LogP contribution in [0.2, 0.25) is 0 Å². The molecule has 2 rings (SSSR count). The summed E-state index contributed by atoms with van der Waals surface area (Å²) in [5.41, 5.74) is 6.65. The molecule has 1 saturated heterocycles. The second kappa shape index (κ2) is 5.14. The first-order chi connectivity index (χ1) is 8.26. The molecule has 1 unspecified atom stereocenters. The van der Waals surface area contributed by atoms with Crippen molar-refractivity contribution in [2.75, 3.05) is 18.0 Å². The Bertz CT molecular complexity index is 407. The number of pyridine rings is 1. The summed E-state index contributed by atoms with van der Waals surface area (Å²) in [6.07, 6.45) is 2.52. The summed E-state index contributed by atoms with van der Waals surface area (Å²) in [6, 6.07) is 3.74. The van der Waals surface area contributed by atoms with Crippen molar-refractivity contribution in [3.05, 3.63) is 23.9 Å². The fourth-order valence-electron chi connectivity index (χ4n) is 2.14. The first kappa shape index (κ1) is 11.9. The van der Waals surface area contributed by atoms with E-state index in [1.54, 1.807) is 6.20 Å². The van der Waals surface area contributed by atoms with Gasteiger partial charge in [0.2, 0.25) is 5.91 Å². The number of rotatable bonds is 3. The molecule has 1 aromatic rings. The molecule has 0 saturated carbocycles. The van der Waals surface area contributed by atoms with Crippen LogP contribution in [0.4, 0.5) is 5.82 Å². The summed E-state index contributed by atoms with van der Waals surface area (Å²) < 4.78 is 0. The topological polar surface area (TPSA) is 71.2 Å². The Morgan fingerprint density at radius 2 is 2.47 bits per heavy atom. The van der Waals surface area contributed by atoms with Gasteiger partial charge in [-0.05, 0) is 24.1 Å². The maximum absolute atomic E-state index is 11.8. The van der Waals surface area contributed by atoms with Gasteiger partial charge in [-0.3, -0.25) is 4.79 Å². The first-order valence-electron chi connectivity index (χ1n) is 5.95. The number of hydrogen-bond acceptors (Lipinski definition) is 4. The Morgan fingerprint density at radius 3 is 3.18 bits per heavy atom. The Balaban J connectivity index is 2.27. The summed E-state index contributed by atoms with van der Waals surface area (Å²) in [7, 11) is 0. The second-order valence-electron chi connectivity index (χ2n) is 4.13. The number of anilines is 1. The number of amides is 1. The highest BCUT2D eigenvalue weighted by Gasteiger charge is 2.28. The smallest absolute Gasteiger partial charge is 0.242 e. The molecule has 0 aromatic carbocycles. The molecule has 0 spiro atoms. The van der Waals surface area contributed by atoms with Crippen LogP contribution in [0.1, 0.15) is 18.9 Å². The lowest BCUT2D eigenvalue weighted by molar-refractivity contribution is -0.123. The molecule has 5 nitrogen and oxygen atoms in total. The molecule has 92 valence electrons. The van der Waals surface area contributed by atoms with Crippen LogP contribution in [0.3, 0.4) is 0 Å². The third-order valence-electron chi connectivity index (χ3n) is 3.06. The van der Waals surface area contributed by atoms with Crippen molar-refractivity contribution in [2.45, 2.75) is 25.9 Å². The zero-order valence-corrected chi connectivity index (χ0v) is 10.0. The highest BCUT2D eigenvalue weighted by Crippen LogP contribution is 2.18. The van der Waals surface area contributed by atoms with Crippen LogP contribution < -0.4 is 16.0 Å². The summed E-state index contributed by atoms with van der Waals surface area (Å²) >= 11 is 0. The molecule has 2 heterocycles. The molecule has 0 bridgehead atoms. The van der Waals surface area contributed by atoms with E-state index in [0.29, 0.717) is 13.1 Å². The molecule has 1 aliphatic heterocycles. The van der Waals surface area contributed by atoms with Crippen molar-refractivity contribution in [1.82, 2.24) is 10.3 Å². The lowest BCUT2D eigenvalue weighted by Gasteiger charge is -2.35. The van der Waals surface area contributed by atoms with Crippen LogP contribution >= 0.6 is 0 Å². The van der Waals surface area contributed by atoms with Gasteiger partial charge in [-0.2, -0.15) is 0 Å². The number of aromatic nitrogens is 1. The van der Waals surface area contributed by atoms with Gasteiger partial charge in [0.15, 0.2) is 0 Å².